The van der Waals surface area contributed by atoms with Crippen molar-refractivity contribution >= 4 is 21.6 Å². The Bertz CT molecular complexity index is 892. The second kappa shape index (κ2) is 7.37. The minimum Gasteiger partial charge on any atom is -0.326 e. The van der Waals surface area contributed by atoms with Crippen LogP contribution in [-0.2, 0) is 21.4 Å². The summed E-state index contributed by atoms with van der Waals surface area (Å²) in [5, 5.41) is 2.69. The zero-order valence-electron chi connectivity index (χ0n) is 15.2. The summed E-state index contributed by atoms with van der Waals surface area (Å²) >= 11 is 0. The molecule has 2 aromatic rings. The van der Waals surface area contributed by atoms with Crippen LogP contribution in [0, 0.1) is 27.7 Å². The third kappa shape index (κ3) is 4.46. The summed E-state index contributed by atoms with van der Waals surface area (Å²) in [6.07, 6.45) is 0. The number of amides is 1. The normalized spacial score (nSPS) is 11.4. The Labute approximate surface area is 149 Å². The highest BCUT2D eigenvalue weighted by Crippen LogP contribution is 2.26. The predicted octanol–water partition coefficient (Wildman–Crippen LogP) is 3.36. The van der Waals surface area contributed by atoms with Gasteiger partial charge in [-0.1, -0.05) is 18.2 Å². The molecule has 6 heteroatoms. The number of anilines is 1. The molecule has 0 heterocycles. The quantitative estimate of drug-likeness (QED) is 0.858. The molecule has 134 valence electrons. The summed E-state index contributed by atoms with van der Waals surface area (Å²) in [6.45, 7) is 9.07. The van der Waals surface area contributed by atoms with Gasteiger partial charge in [-0.25, -0.2) is 13.1 Å². The third-order valence-electron chi connectivity index (χ3n) is 4.28. The fourth-order valence-electron chi connectivity index (χ4n) is 2.80. The van der Waals surface area contributed by atoms with Crippen LogP contribution >= 0.6 is 0 Å². The van der Waals surface area contributed by atoms with Gasteiger partial charge in [0.25, 0.3) is 0 Å². The van der Waals surface area contributed by atoms with Gasteiger partial charge in [0.1, 0.15) is 0 Å². The van der Waals surface area contributed by atoms with Gasteiger partial charge in [0.05, 0.1) is 4.90 Å². The fraction of sp³-hybridized carbons (Fsp3) is 0.316. The molecule has 25 heavy (non-hydrogen) atoms. The minimum atomic E-state index is -3.64. The molecule has 0 aliphatic rings. The van der Waals surface area contributed by atoms with Crippen molar-refractivity contribution in [3.8, 4) is 0 Å². The second-order valence-corrected chi connectivity index (χ2v) is 8.00. The van der Waals surface area contributed by atoms with Crippen molar-refractivity contribution in [2.24, 2.45) is 0 Å². The van der Waals surface area contributed by atoms with Gasteiger partial charge in [0.15, 0.2) is 0 Å². The maximum atomic E-state index is 12.8. The van der Waals surface area contributed by atoms with Crippen LogP contribution in [0.4, 0.5) is 5.69 Å². The molecule has 2 rings (SSSR count). The van der Waals surface area contributed by atoms with Crippen molar-refractivity contribution in [3.63, 3.8) is 0 Å². The van der Waals surface area contributed by atoms with Crippen LogP contribution < -0.4 is 10.0 Å². The zero-order valence-corrected chi connectivity index (χ0v) is 16.0. The summed E-state index contributed by atoms with van der Waals surface area (Å²) < 4.78 is 28.3. The number of hydrogen-bond acceptors (Lipinski definition) is 3. The molecule has 0 aromatic heterocycles. The van der Waals surface area contributed by atoms with E-state index in [0.29, 0.717) is 10.6 Å². The molecule has 0 bridgehead atoms. The molecule has 2 aromatic carbocycles. The van der Waals surface area contributed by atoms with E-state index in [1.807, 2.05) is 39.8 Å². The summed E-state index contributed by atoms with van der Waals surface area (Å²) in [5.74, 6) is -0.167. The summed E-state index contributed by atoms with van der Waals surface area (Å²) in [5.41, 5.74) is 4.86. The lowest BCUT2D eigenvalue weighted by Crippen LogP contribution is -2.25. The molecule has 5 nitrogen and oxygen atoms in total. The summed E-state index contributed by atoms with van der Waals surface area (Å²) in [4.78, 5) is 11.5. The number of aryl methyl sites for hydroxylation is 2. The average Bonchev–Trinajstić information content (AvgIpc) is 2.51. The number of sulfonamides is 1. The molecule has 0 aliphatic heterocycles. The Hall–Kier alpha value is -2.18. The van der Waals surface area contributed by atoms with Gasteiger partial charge in [-0.15, -0.1) is 0 Å². The predicted molar refractivity (Wildman–Crippen MR) is 100 cm³/mol. The first-order chi connectivity index (χ1) is 11.6. The van der Waals surface area contributed by atoms with Gasteiger partial charge in [-0.2, -0.15) is 0 Å². The highest BCUT2D eigenvalue weighted by atomic mass is 32.2. The van der Waals surface area contributed by atoms with Gasteiger partial charge in [-0.3, -0.25) is 4.79 Å². The van der Waals surface area contributed by atoms with Crippen molar-refractivity contribution in [2.75, 3.05) is 5.32 Å². The summed E-state index contributed by atoms with van der Waals surface area (Å²) in [7, 11) is -3.64. The van der Waals surface area contributed by atoms with Crippen LogP contribution in [0.15, 0.2) is 35.2 Å². The minimum absolute atomic E-state index is 0.154. The molecular formula is C19H24N2O3S. The average molecular weight is 360 g/mol. The van der Waals surface area contributed by atoms with Crippen molar-refractivity contribution in [1.29, 1.82) is 0 Å². The monoisotopic (exact) mass is 360 g/mol. The molecular weight excluding hydrogens is 336 g/mol. The molecule has 0 aliphatic carbocycles. The lowest BCUT2D eigenvalue weighted by Gasteiger charge is -2.16. The first-order valence-electron chi connectivity index (χ1n) is 8.05. The standard InChI is InChI=1S/C19H24N2O3S/c1-12-9-13(2)15(4)19(14(12)3)25(23,24)20-11-17-7-6-8-18(10-17)21-16(5)22/h6-10,20H,11H2,1-5H3,(H,21,22). The number of nitrogens with one attached hydrogen (secondary N) is 2. The Morgan fingerprint density at radius 3 is 2.16 bits per heavy atom. The Morgan fingerprint density at radius 1 is 1.00 bits per heavy atom. The van der Waals surface area contributed by atoms with Crippen LogP contribution in [0.25, 0.3) is 0 Å². The molecule has 0 atom stereocenters. The van der Waals surface area contributed by atoms with E-state index in [4.69, 9.17) is 0 Å². The zero-order chi connectivity index (χ0) is 18.8. The number of benzene rings is 2. The Kier molecular flexibility index (Phi) is 5.65. The van der Waals surface area contributed by atoms with Crippen molar-refractivity contribution in [2.45, 2.75) is 46.1 Å². The van der Waals surface area contributed by atoms with E-state index in [2.05, 4.69) is 10.0 Å². The van der Waals surface area contributed by atoms with Crippen LogP contribution in [-0.4, -0.2) is 14.3 Å². The van der Waals surface area contributed by atoms with Crippen molar-refractivity contribution in [3.05, 3.63) is 58.1 Å². The molecule has 0 fully saturated rings. The van der Waals surface area contributed by atoms with E-state index in [1.165, 1.54) is 6.92 Å². The first-order valence-corrected chi connectivity index (χ1v) is 9.53. The van der Waals surface area contributed by atoms with Crippen LogP contribution in [0.3, 0.4) is 0 Å². The fourth-order valence-corrected chi connectivity index (χ4v) is 4.43. The van der Waals surface area contributed by atoms with Gasteiger partial charge < -0.3 is 5.32 Å². The van der Waals surface area contributed by atoms with E-state index in [1.54, 1.807) is 18.2 Å². The second-order valence-electron chi connectivity index (χ2n) is 6.30. The number of carbonyl (C=O) groups excluding carboxylic acids is 1. The lowest BCUT2D eigenvalue weighted by atomic mass is 10.0. The largest absolute Gasteiger partial charge is 0.326 e. The summed E-state index contributed by atoms with van der Waals surface area (Å²) in [6, 6.07) is 9.11. The van der Waals surface area contributed by atoms with Crippen LogP contribution in [0.5, 0.6) is 0 Å². The van der Waals surface area contributed by atoms with Crippen molar-refractivity contribution in [1.82, 2.24) is 4.72 Å². The van der Waals surface area contributed by atoms with Gasteiger partial charge in [0.2, 0.25) is 15.9 Å². The maximum Gasteiger partial charge on any atom is 0.241 e. The first kappa shape index (κ1) is 19.1. The SMILES string of the molecule is CC(=O)Nc1cccc(CNS(=O)(=O)c2c(C)c(C)cc(C)c2C)c1. The Morgan fingerprint density at radius 2 is 1.60 bits per heavy atom. The molecule has 2 N–H and O–H groups in total. The number of carbonyl (C=O) groups is 1. The van der Waals surface area contributed by atoms with Crippen molar-refractivity contribution < 1.29 is 13.2 Å². The maximum absolute atomic E-state index is 12.8. The lowest BCUT2D eigenvalue weighted by molar-refractivity contribution is -0.114. The van der Waals surface area contributed by atoms with E-state index < -0.39 is 10.0 Å². The number of rotatable bonds is 5. The molecule has 1 amide bonds. The van der Waals surface area contributed by atoms with Crippen LogP contribution in [0.1, 0.15) is 34.7 Å². The van der Waals surface area contributed by atoms with E-state index in [-0.39, 0.29) is 12.5 Å². The molecule has 0 unspecified atom stereocenters. The highest BCUT2D eigenvalue weighted by Gasteiger charge is 2.21. The topological polar surface area (TPSA) is 75.3 Å². The van der Waals surface area contributed by atoms with Gasteiger partial charge in [0, 0.05) is 19.2 Å². The molecule has 0 saturated carbocycles. The third-order valence-corrected chi connectivity index (χ3v) is 5.95. The molecule has 0 saturated heterocycles. The van der Waals surface area contributed by atoms with Gasteiger partial charge in [-0.05, 0) is 67.6 Å². The van der Waals surface area contributed by atoms with Gasteiger partial charge >= 0.3 is 0 Å². The van der Waals surface area contributed by atoms with E-state index in [9.17, 15) is 13.2 Å². The van der Waals surface area contributed by atoms with E-state index in [0.717, 1.165) is 27.8 Å². The molecule has 0 radical (unpaired) electrons. The Balaban J connectivity index is 2.28. The van der Waals surface area contributed by atoms with Crippen LogP contribution in [0.2, 0.25) is 0 Å². The van der Waals surface area contributed by atoms with E-state index >= 15 is 0 Å². The smallest absolute Gasteiger partial charge is 0.241 e. The molecule has 0 spiro atoms. The highest BCUT2D eigenvalue weighted by molar-refractivity contribution is 7.89. The number of hydrogen-bond donors (Lipinski definition) is 2.